The van der Waals surface area contributed by atoms with E-state index in [2.05, 4.69) is 44.3 Å². The zero-order valence-electron chi connectivity index (χ0n) is 15.5. The van der Waals surface area contributed by atoms with Crippen LogP contribution in [0.3, 0.4) is 0 Å². The minimum Gasteiger partial charge on any atom is -0.346 e. The number of amides is 1. The molecular formula is C19H30N4OS+2. The number of aromatic nitrogens is 1. The van der Waals surface area contributed by atoms with Crippen LogP contribution in [0, 0.1) is 0 Å². The predicted octanol–water partition coefficient (Wildman–Crippen LogP) is -0.115. The lowest BCUT2D eigenvalue weighted by Crippen LogP contribution is -3.28. The summed E-state index contributed by atoms with van der Waals surface area (Å²) >= 11 is 1.81. The number of rotatable bonds is 6. The minimum absolute atomic E-state index is 0.101. The smallest absolute Gasteiger partial charge is 0.275 e. The Labute approximate surface area is 154 Å². The first-order chi connectivity index (χ1) is 11.9. The minimum atomic E-state index is -0.101. The number of hydrogen-bond acceptors (Lipinski definition) is 3. The van der Waals surface area contributed by atoms with Crippen LogP contribution in [0.5, 0.6) is 0 Å². The van der Waals surface area contributed by atoms with E-state index < -0.39 is 0 Å². The summed E-state index contributed by atoms with van der Waals surface area (Å²) in [5, 5.41) is 4.37. The highest BCUT2D eigenvalue weighted by atomic mass is 32.1. The second-order valence-electron chi connectivity index (χ2n) is 7.71. The summed E-state index contributed by atoms with van der Waals surface area (Å²) in [5.74, 6) is 0.177. The topological polar surface area (TPSA) is 50.9 Å². The Morgan fingerprint density at radius 1 is 1.20 bits per heavy atom. The molecular weight excluding hydrogens is 332 g/mol. The van der Waals surface area contributed by atoms with Crippen molar-refractivity contribution in [2.45, 2.75) is 39.3 Å². The van der Waals surface area contributed by atoms with Gasteiger partial charge < -0.3 is 15.1 Å². The lowest BCUT2D eigenvalue weighted by molar-refractivity contribution is -1.02. The van der Waals surface area contributed by atoms with Gasteiger partial charge in [0, 0.05) is 5.54 Å². The number of fused-ring (bicyclic) bond motifs is 1. The average Bonchev–Trinajstić information content (AvgIpc) is 2.98. The second kappa shape index (κ2) is 7.81. The Morgan fingerprint density at radius 2 is 1.88 bits per heavy atom. The Morgan fingerprint density at radius 3 is 2.56 bits per heavy atom. The molecule has 0 saturated carbocycles. The van der Waals surface area contributed by atoms with Gasteiger partial charge in [0.05, 0.1) is 10.2 Å². The number of carbonyl (C=O) groups is 1. The van der Waals surface area contributed by atoms with Gasteiger partial charge in [-0.05, 0) is 32.4 Å². The first-order valence-corrected chi connectivity index (χ1v) is 10.1. The SMILES string of the molecule is CCC(C)(C)NC(=O)C[NH+]1CC[NH+](Cc2nc3ccccc3s2)CC1. The van der Waals surface area contributed by atoms with Gasteiger partial charge in [0.2, 0.25) is 0 Å². The van der Waals surface area contributed by atoms with Crippen LogP contribution in [0.2, 0.25) is 0 Å². The predicted molar refractivity (Wildman–Crippen MR) is 102 cm³/mol. The van der Waals surface area contributed by atoms with Crippen molar-refractivity contribution in [3.8, 4) is 0 Å². The Kier molecular flexibility index (Phi) is 5.71. The number of hydrogen-bond donors (Lipinski definition) is 3. The fraction of sp³-hybridized carbons (Fsp3) is 0.579. The molecule has 2 aromatic rings. The summed E-state index contributed by atoms with van der Waals surface area (Å²) < 4.78 is 1.27. The normalized spacial score (nSPS) is 21.4. The van der Waals surface area contributed by atoms with Crippen molar-refractivity contribution in [3.63, 3.8) is 0 Å². The molecule has 0 aliphatic carbocycles. The van der Waals surface area contributed by atoms with Crippen molar-refractivity contribution < 1.29 is 14.6 Å². The standard InChI is InChI=1S/C19H28N4OS/c1-4-19(2,3)21-17(24)13-22-9-11-23(12-10-22)14-18-20-15-7-5-6-8-16(15)25-18/h5-8H,4,9-14H2,1-3H3,(H,21,24)/p+2. The number of piperazine rings is 1. The molecule has 1 saturated heterocycles. The largest absolute Gasteiger partial charge is 0.346 e. The molecule has 6 heteroatoms. The van der Waals surface area contributed by atoms with E-state index in [1.807, 2.05) is 17.4 Å². The van der Waals surface area contributed by atoms with E-state index in [1.54, 1.807) is 4.90 Å². The van der Waals surface area contributed by atoms with Crippen LogP contribution in [-0.2, 0) is 11.3 Å². The number of nitrogens with one attached hydrogen (secondary N) is 3. The van der Waals surface area contributed by atoms with Crippen molar-refractivity contribution in [1.82, 2.24) is 10.3 Å². The molecule has 0 bridgehead atoms. The summed E-state index contributed by atoms with van der Waals surface area (Å²) in [5.41, 5.74) is 1.01. The maximum absolute atomic E-state index is 12.2. The van der Waals surface area contributed by atoms with E-state index in [1.165, 1.54) is 14.6 Å². The third kappa shape index (κ3) is 5.00. The summed E-state index contributed by atoms with van der Waals surface area (Å²) in [7, 11) is 0. The number of para-hydroxylation sites is 1. The fourth-order valence-electron chi connectivity index (χ4n) is 3.26. The van der Waals surface area contributed by atoms with Crippen molar-refractivity contribution in [3.05, 3.63) is 29.3 Å². The number of carbonyl (C=O) groups excluding carboxylic acids is 1. The molecule has 0 spiro atoms. The van der Waals surface area contributed by atoms with Gasteiger partial charge in [-0.2, -0.15) is 0 Å². The zero-order valence-corrected chi connectivity index (χ0v) is 16.3. The molecule has 1 aromatic heterocycles. The van der Waals surface area contributed by atoms with Crippen LogP contribution in [0.15, 0.2) is 24.3 Å². The van der Waals surface area contributed by atoms with E-state index in [9.17, 15) is 4.79 Å². The zero-order chi connectivity index (χ0) is 17.9. The number of benzene rings is 1. The van der Waals surface area contributed by atoms with Gasteiger partial charge in [0.25, 0.3) is 5.91 Å². The molecule has 5 nitrogen and oxygen atoms in total. The van der Waals surface area contributed by atoms with Gasteiger partial charge in [-0.15, -0.1) is 11.3 Å². The van der Waals surface area contributed by atoms with Crippen LogP contribution < -0.4 is 15.1 Å². The van der Waals surface area contributed by atoms with E-state index in [4.69, 9.17) is 4.98 Å². The maximum Gasteiger partial charge on any atom is 0.275 e. The van der Waals surface area contributed by atoms with Crippen LogP contribution >= 0.6 is 11.3 Å². The van der Waals surface area contributed by atoms with Crippen LogP contribution in [0.4, 0.5) is 0 Å². The highest BCUT2D eigenvalue weighted by molar-refractivity contribution is 7.18. The molecule has 0 unspecified atom stereocenters. The van der Waals surface area contributed by atoms with Crippen LogP contribution in [-0.4, -0.2) is 49.2 Å². The Bertz CT molecular complexity index is 686. The van der Waals surface area contributed by atoms with E-state index in [-0.39, 0.29) is 11.4 Å². The number of nitrogens with zero attached hydrogens (tertiary/aromatic N) is 1. The number of quaternary nitrogens is 2. The Balaban J connectivity index is 1.46. The van der Waals surface area contributed by atoms with Crippen molar-refractivity contribution >= 4 is 27.5 Å². The molecule has 25 heavy (non-hydrogen) atoms. The molecule has 2 heterocycles. The molecule has 136 valence electrons. The average molecular weight is 363 g/mol. The molecule has 1 aliphatic heterocycles. The first-order valence-electron chi connectivity index (χ1n) is 9.28. The van der Waals surface area contributed by atoms with Crippen molar-refractivity contribution in [2.75, 3.05) is 32.7 Å². The first kappa shape index (κ1) is 18.3. The molecule has 3 N–H and O–H groups in total. The van der Waals surface area contributed by atoms with Crippen LogP contribution in [0.25, 0.3) is 10.2 Å². The highest BCUT2D eigenvalue weighted by Gasteiger charge is 2.27. The summed E-state index contributed by atoms with van der Waals surface area (Å²) in [4.78, 5) is 19.9. The van der Waals surface area contributed by atoms with Gasteiger partial charge in [-0.1, -0.05) is 19.1 Å². The van der Waals surface area contributed by atoms with E-state index in [0.29, 0.717) is 6.54 Å². The summed E-state index contributed by atoms with van der Waals surface area (Å²) in [6.45, 7) is 12.2. The van der Waals surface area contributed by atoms with Gasteiger partial charge in [-0.3, -0.25) is 4.79 Å². The quantitative estimate of drug-likeness (QED) is 0.671. The molecule has 0 radical (unpaired) electrons. The molecule has 3 rings (SSSR count). The molecule has 1 aromatic carbocycles. The third-order valence-corrected chi connectivity index (χ3v) is 6.21. The van der Waals surface area contributed by atoms with Gasteiger partial charge >= 0.3 is 0 Å². The molecule has 1 aliphatic rings. The second-order valence-corrected chi connectivity index (χ2v) is 8.83. The van der Waals surface area contributed by atoms with E-state index in [0.717, 1.165) is 44.7 Å². The summed E-state index contributed by atoms with van der Waals surface area (Å²) in [6, 6.07) is 8.35. The highest BCUT2D eigenvalue weighted by Crippen LogP contribution is 2.20. The van der Waals surface area contributed by atoms with Crippen molar-refractivity contribution in [1.29, 1.82) is 0 Å². The lowest BCUT2D eigenvalue weighted by atomic mass is 10.0. The molecule has 1 fully saturated rings. The van der Waals surface area contributed by atoms with Gasteiger partial charge in [0.1, 0.15) is 37.7 Å². The maximum atomic E-state index is 12.2. The van der Waals surface area contributed by atoms with Gasteiger partial charge in [0.15, 0.2) is 6.54 Å². The van der Waals surface area contributed by atoms with Crippen molar-refractivity contribution in [2.24, 2.45) is 0 Å². The third-order valence-electron chi connectivity index (χ3n) is 5.18. The van der Waals surface area contributed by atoms with Gasteiger partial charge in [-0.25, -0.2) is 4.98 Å². The fourth-order valence-corrected chi connectivity index (χ4v) is 4.30. The monoisotopic (exact) mass is 362 g/mol. The summed E-state index contributed by atoms with van der Waals surface area (Å²) in [6.07, 6.45) is 0.953. The van der Waals surface area contributed by atoms with Crippen LogP contribution in [0.1, 0.15) is 32.2 Å². The molecule has 1 amide bonds. The van der Waals surface area contributed by atoms with E-state index >= 15 is 0 Å². The lowest BCUT2D eigenvalue weighted by Gasteiger charge is -2.30. The number of thiazole rings is 1. The Hall–Kier alpha value is -1.50. The molecule has 0 atom stereocenters.